The molecule has 3 nitrogen and oxygen atoms in total. The molecule has 2 aliphatic heterocycles. The molecule has 0 spiro atoms. The molecule has 112 valence electrons. The molecule has 0 aromatic rings. The molecule has 2 saturated heterocycles. The summed E-state index contributed by atoms with van der Waals surface area (Å²) in [6, 6.07) is 1.25. The van der Waals surface area contributed by atoms with Gasteiger partial charge in [0.15, 0.2) is 0 Å². The monoisotopic (exact) mass is 285 g/mol. The predicted octanol–water partition coefficient (Wildman–Crippen LogP) is 1.87. The average molecular weight is 286 g/mol. The Balaban J connectivity index is 2.17. The first-order valence-electron chi connectivity index (χ1n) is 7.54. The molecule has 2 rings (SSSR count). The normalized spacial score (nSPS) is 41.4. The first-order valence-corrected chi connectivity index (χ1v) is 8.70. The van der Waals surface area contributed by atoms with Crippen LogP contribution in [0.15, 0.2) is 0 Å². The molecule has 2 aliphatic rings. The maximum absolute atomic E-state index is 6.25. The Morgan fingerprint density at radius 2 is 1.74 bits per heavy atom. The highest BCUT2D eigenvalue weighted by molar-refractivity contribution is 7.99. The van der Waals surface area contributed by atoms with Gasteiger partial charge in [-0.05, 0) is 38.5 Å². The van der Waals surface area contributed by atoms with Gasteiger partial charge >= 0.3 is 0 Å². The van der Waals surface area contributed by atoms with Crippen LogP contribution in [0.4, 0.5) is 0 Å². The first-order chi connectivity index (χ1) is 8.80. The molecule has 19 heavy (non-hydrogen) atoms. The highest BCUT2D eigenvalue weighted by Crippen LogP contribution is 2.42. The number of nitrogens with two attached hydrogens (primary N) is 1. The van der Waals surface area contributed by atoms with Crippen LogP contribution in [0.3, 0.4) is 0 Å². The Hall–Kier alpha value is 0.230. The molecule has 0 amide bonds. The van der Waals surface area contributed by atoms with Crippen LogP contribution in [0.1, 0.15) is 34.1 Å². The molecular weight excluding hydrogens is 254 g/mol. The molecule has 0 aromatic carbocycles. The lowest BCUT2D eigenvalue weighted by atomic mass is 9.78. The Labute approximate surface area is 123 Å². The van der Waals surface area contributed by atoms with E-state index in [9.17, 15) is 0 Å². The number of rotatable bonds is 2. The fraction of sp³-hybridized carbons (Fsp3) is 1.00. The van der Waals surface area contributed by atoms with Gasteiger partial charge in [0, 0.05) is 43.0 Å². The summed E-state index contributed by atoms with van der Waals surface area (Å²) >= 11 is 2.10. The van der Waals surface area contributed by atoms with Crippen LogP contribution in [0.25, 0.3) is 0 Å². The quantitative estimate of drug-likeness (QED) is 0.839. The third-order valence-electron chi connectivity index (χ3n) is 5.08. The lowest BCUT2D eigenvalue weighted by molar-refractivity contribution is -0.0177. The largest absolute Gasteiger partial charge is 0.329 e. The van der Waals surface area contributed by atoms with Crippen LogP contribution >= 0.6 is 11.8 Å². The summed E-state index contributed by atoms with van der Waals surface area (Å²) < 4.78 is 0. The summed E-state index contributed by atoms with van der Waals surface area (Å²) in [4.78, 5) is 5.21. The van der Waals surface area contributed by atoms with E-state index in [1.54, 1.807) is 0 Å². The van der Waals surface area contributed by atoms with Gasteiger partial charge in [-0.1, -0.05) is 13.8 Å². The standard InChI is InChI=1S/C15H31N3S/c1-12-6-18(7-13(2)17(12)5)15(9-16)8-14(3,4)10-19-11-15/h12-13H,6-11,16H2,1-5H3. The van der Waals surface area contributed by atoms with E-state index in [-0.39, 0.29) is 5.54 Å². The van der Waals surface area contributed by atoms with Crippen molar-refractivity contribution in [2.45, 2.75) is 51.7 Å². The van der Waals surface area contributed by atoms with Crippen molar-refractivity contribution in [3.63, 3.8) is 0 Å². The maximum atomic E-state index is 6.25. The molecule has 2 N–H and O–H groups in total. The Morgan fingerprint density at radius 3 is 2.21 bits per heavy atom. The summed E-state index contributed by atoms with van der Waals surface area (Å²) in [6.45, 7) is 12.6. The van der Waals surface area contributed by atoms with Crippen molar-refractivity contribution in [2.24, 2.45) is 11.1 Å². The third-order valence-corrected chi connectivity index (χ3v) is 6.81. The highest BCUT2D eigenvalue weighted by Gasteiger charge is 2.46. The van der Waals surface area contributed by atoms with Gasteiger partial charge in [0.2, 0.25) is 0 Å². The van der Waals surface area contributed by atoms with Gasteiger partial charge in [-0.15, -0.1) is 0 Å². The van der Waals surface area contributed by atoms with Crippen molar-refractivity contribution in [3.8, 4) is 0 Å². The molecule has 3 atom stereocenters. The van der Waals surface area contributed by atoms with Crippen molar-refractivity contribution in [3.05, 3.63) is 0 Å². The third kappa shape index (κ3) is 3.12. The molecule has 4 heteroatoms. The van der Waals surface area contributed by atoms with Gasteiger partial charge in [0.05, 0.1) is 0 Å². The second-order valence-corrected chi connectivity index (χ2v) is 8.52. The van der Waals surface area contributed by atoms with Crippen LogP contribution in [0.5, 0.6) is 0 Å². The second kappa shape index (κ2) is 5.55. The number of likely N-dealkylation sites (N-methyl/N-ethyl adjacent to an activating group) is 1. The van der Waals surface area contributed by atoms with E-state index in [0.29, 0.717) is 17.5 Å². The van der Waals surface area contributed by atoms with Crippen LogP contribution in [0.2, 0.25) is 0 Å². The number of hydrogen-bond donors (Lipinski definition) is 1. The summed E-state index contributed by atoms with van der Waals surface area (Å²) in [5.41, 5.74) is 6.88. The number of nitrogens with zero attached hydrogens (tertiary/aromatic N) is 2. The molecule has 0 aromatic heterocycles. The molecule has 0 bridgehead atoms. The van der Waals surface area contributed by atoms with Crippen molar-refractivity contribution < 1.29 is 0 Å². The predicted molar refractivity (Wildman–Crippen MR) is 85.8 cm³/mol. The zero-order valence-corrected chi connectivity index (χ0v) is 14.1. The van der Waals surface area contributed by atoms with E-state index in [1.165, 1.54) is 17.9 Å². The molecule has 0 saturated carbocycles. The topological polar surface area (TPSA) is 32.5 Å². The summed E-state index contributed by atoms with van der Waals surface area (Å²) in [6.07, 6.45) is 1.24. The van der Waals surface area contributed by atoms with Gasteiger partial charge in [-0.25, -0.2) is 0 Å². The Morgan fingerprint density at radius 1 is 1.16 bits per heavy atom. The van der Waals surface area contributed by atoms with Gasteiger partial charge in [-0.3, -0.25) is 9.80 Å². The summed E-state index contributed by atoms with van der Waals surface area (Å²) in [5.74, 6) is 2.48. The SMILES string of the molecule is CC1CN(C2(CN)CSCC(C)(C)C2)CC(C)N1C. The van der Waals surface area contributed by atoms with Gasteiger partial charge in [0.25, 0.3) is 0 Å². The zero-order valence-electron chi connectivity index (χ0n) is 13.3. The summed E-state index contributed by atoms with van der Waals surface area (Å²) in [5, 5.41) is 0. The van der Waals surface area contributed by atoms with Crippen molar-refractivity contribution in [2.75, 3.05) is 38.2 Å². The molecule has 3 unspecified atom stereocenters. The molecular formula is C15H31N3S. The number of hydrogen-bond acceptors (Lipinski definition) is 4. The Bertz CT molecular complexity index is 309. The number of thioether (sulfide) groups is 1. The van der Waals surface area contributed by atoms with E-state index in [4.69, 9.17) is 5.73 Å². The molecule has 0 radical (unpaired) electrons. The fourth-order valence-corrected chi connectivity index (χ4v) is 5.30. The van der Waals surface area contributed by atoms with Crippen molar-refractivity contribution in [1.82, 2.24) is 9.80 Å². The lowest BCUT2D eigenvalue weighted by Gasteiger charge is -2.55. The first kappa shape index (κ1) is 15.6. The average Bonchev–Trinajstić information content (AvgIpc) is 2.34. The van der Waals surface area contributed by atoms with Crippen LogP contribution in [0, 0.1) is 5.41 Å². The van der Waals surface area contributed by atoms with E-state index in [1.807, 2.05) is 0 Å². The second-order valence-electron chi connectivity index (χ2n) is 7.53. The zero-order chi connectivity index (χ0) is 14.3. The lowest BCUT2D eigenvalue weighted by Crippen LogP contribution is -2.67. The van der Waals surface area contributed by atoms with Crippen LogP contribution in [-0.2, 0) is 0 Å². The number of piperazine rings is 1. The maximum Gasteiger partial charge on any atom is 0.0428 e. The van der Waals surface area contributed by atoms with Crippen LogP contribution < -0.4 is 5.73 Å². The summed E-state index contributed by atoms with van der Waals surface area (Å²) in [7, 11) is 2.25. The van der Waals surface area contributed by atoms with Crippen molar-refractivity contribution in [1.29, 1.82) is 0 Å². The van der Waals surface area contributed by atoms with Crippen LogP contribution in [-0.4, -0.2) is 65.6 Å². The van der Waals surface area contributed by atoms with Gasteiger partial charge < -0.3 is 5.73 Å². The van der Waals surface area contributed by atoms with E-state index >= 15 is 0 Å². The Kier molecular flexibility index (Phi) is 4.56. The van der Waals surface area contributed by atoms with Gasteiger partial charge in [-0.2, -0.15) is 11.8 Å². The molecule has 2 fully saturated rings. The van der Waals surface area contributed by atoms with Gasteiger partial charge in [0.1, 0.15) is 0 Å². The minimum atomic E-state index is 0.218. The molecule has 0 aliphatic carbocycles. The minimum absolute atomic E-state index is 0.218. The highest BCUT2D eigenvalue weighted by atomic mass is 32.2. The fourth-order valence-electron chi connectivity index (χ4n) is 3.77. The van der Waals surface area contributed by atoms with Crippen molar-refractivity contribution >= 4 is 11.8 Å². The van der Waals surface area contributed by atoms with E-state index in [0.717, 1.165) is 19.6 Å². The van der Waals surface area contributed by atoms with E-state index < -0.39 is 0 Å². The van der Waals surface area contributed by atoms with E-state index in [2.05, 4.69) is 56.3 Å². The smallest absolute Gasteiger partial charge is 0.0428 e. The molecule has 2 heterocycles. The minimum Gasteiger partial charge on any atom is -0.329 e.